The third-order valence-electron chi connectivity index (χ3n) is 15.1. The molecular weight excluding hydrogens is 1120 g/mol. The molecule has 4 aliphatic rings. The molecule has 2 aromatic carbocycles. The molecule has 20 atom stereocenters. The highest BCUT2D eigenvalue weighted by Crippen LogP contribution is 2.40. The van der Waals surface area contributed by atoms with Gasteiger partial charge in [-0.05, 0) is 106 Å². The summed E-state index contributed by atoms with van der Waals surface area (Å²) in [6, 6.07) is 11.5. The molecule has 0 radical (unpaired) electrons. The van der Waals surface area contributed by atoms with Crippen LogP contribution in [-0.2, 0) is 71.1 Å². The SMILES string of the molecule is CCCCOC1[C@H](N=[N+]=[N-])C(C)O[C@H](OC2[C@H](N=[N+]=[N-])C(C)O[C@H](O[C@@H]3C(OCCCC)[C@H](N=[N+]=[N-])C(C)O[C@@H]3OCCCCCC(=O)OC)[C@@H]2OCCCC)[C@@H]1O[C@H]1OC(C)[C@@H](N=[N+]=[N-])C(OC(=O)c2ccccc2)[C@H]1OC(=O)c1ccccc1. The average molecular weight is 1210 g/mol. The zero-order valence-electron chi connectivity index (χ0n) is 50.0. The Bertz CT molecular complexity index is 2620. The maximum Gasteiger partial charge on any atom is 0.338 e. The van der Waals surface area contributed by atoms with Crippen molar-refractivity contribution < 1.29 is 80.7 Å². The van der Waals surface area contributed by atoms with E-state index in [0.29, 0.717) is 51.4 Å². The second kappa shape index (κ2) is 36.1. The van der Waals surface area contributed by atoms with Crippen molar-refractivity contribution in [1.29, 1.82) is 0 Å². The van der Waals surface area contributed by atoms with Crippen molar-refractivity contribution in [3.63, 3.8) is 0 Å². The first-order valence-electron chi connectivity index (χ1n) is 29.6. The Morgan fingerprint density at radius 2 is 0.791 bits per heavy atom. The predicted molar refractivity (Wildman–Crippen MR) is 305 cm³/mol. The van der Waals surface area contributed by atoms with Crippen LogP contribution in [0.15, 0.2) is 81.1 Å². The lowest BCUT2D eigenvalue weighted by Gasteiger charge is -2.51. The minimum Gasteiger partial charge on any atom is -0.469 e. The van der Waals surface area contributed by atoms with Crippen LogP contribution in [0.25, 0.3) is 41.8 Å². The van der Waals surface area contributed by atoms with Crippen molar-refractivity contribution in [3.8, 4) is 0 Å². The van der Waals surface area contributed by atoms with E-state index in [4.69, 9.17) is 66.3 Å². The predicted octanol–water partition coefficient (Wildman–Crippen LogP) is 10.6. The van der Waals surface area contributed by atoms with Gasteiger partial charge in [-0.15, -0.1) is 0 Å². The third-order valence-corrected chi connectivity index (χ3v) is 15.1. The smallest absolute Gasteiger partial charge is 0.338 e. The Morgan fingerprint density at radius 1 is 0.430 bits per heavy atom. The number of esters is 3. The Hall–Kier alpha value is -6.35. The zero-order chi connectivity index (χ0) is 62.0. The van der Waals surface area contributed by atoms with Crippen LogP contribution in [0.1, 0.15) is 133 Å². The number of unbranched alkanes of at least 4 members (excludes halogenated alkanes) is 5. The van der Waals surface area contributed by atoms with Gasteiger partial charge in [-0.2, -0.15) is 0 Å². The Labute approximate surface area is 499 Å². The molecule has 6 rings (SSSR count). The Balaban J connectivity index is 1.46. The number of nitrogens with zero attached hydrogens (tertiary/aromatic N) is 12. The molecule has 29 nitrogen and oxygen atoms in total. The summed E-state index contributed by atoms with van der Waals surface area (Å²) in [4.78, 5) is 52.7. The standard InChI is InChI=1S/C57H82N12O17/c1-9-12-29-74-44-40(62-66-58)33(4)78-54(77-32-23-17-22-28-39(70)73-8)49(44)85-55-48(76-31-14-11-3)46(42(64-68-60)35(6)79-55)84-56-50(45(75-30-13-10-2)41(63-67-59)34(5)80-56)86-57-51(83-53(72)38-26-20-16-21-27-38)47(43(65-69-61)36(7)81-57)82-52(71)37-24-18-15-19-25-37/h15-16,18-21,24-27,33-36,40-51,54-57H,9-14,17,22-23,28-32H2,1-8H3/t33?,34?,35?,36?,40-,41-,42-,43-,44?,45?,46?,47?,48-,49-,50-,51-,54+,55-,56-,57-/m1/s1. The molecule has 4 aliphatic heterocycles. The molecule has 86 heavy (non-hydrogen) atoms. The highest BCUT2D eigenvalue weighted by molar-refractivity contribution is 5.90. The van der Waals surface area contributed by atoms with Gasteiger partial charge in [-0.25, -0.2) is 9.59 Å². The number of hydrogen-bond acceptors (Lipinski definition) is 21. The normalized spacial score (nSPS) is 32.4. The van der Waals surface area contributed by atoms with Crippen LogP contribution in [0.2, 0.25) is 0 Å². The van der Waals surface area contributed by atoms with E-state index in [2.05, 4.69) is 40.1 Å². The van der Waals surface area contributed by atoms with E-state index in [-0.39, 0.29) is 49.9 Å². The first-order chi connectivity index (χ1) is 41.8. The first kappa shape index (κ1) is 68.8. The lowest BCUT2D eigenvalue weighted by atomic mass is 9.94. The molecule has 4 fully saturated rings. The third kappa shape index (κ3) is 18.8. The van der Waals surface area contributed by atoms with Crippen molar-refractivity contribution in [3.05, 3.63) is 114 Å². The number of carbonyl (C=O) groups excluding carboxylic acids is 3. The van der Waals surface area contributed by atoms with Gasteiger partial charge in [0.25, 0.3) is 0 Å². The fourth-order valence-electron chi connectivity index (χ4n) is 10.5. The van der Waals surface area contributed by atoms with E-state index >= 15 is 0 Å². The Kier molecular flexibility index (Phi) is 28.8. The fraction of sp³-hybridized carbons (Fsp3) is 0.737. The number of azide groups is 4. The minimum atomic E-state index is -1.71. The molecule has 0 saturated carbocycles. The summed E-state index contributed by atoms with van der Waals surface area (Å²) >= 11 is 0. The molecule has 2 aromatic rings. The van der Waals surface area contributed by atoms with Crippen molar-refractivity contribution in [2.45, 2.75) is 235 Å². The summed E-state index contributed by atoms with van der Waals surface area (Å²) in [5.41, 5.74) is 40.4. The number of ether oxygens (including phenoxy) is 14. The van der Waals surface area contributed by atoms with Crippen LogP contribution in [0.5, 0.6) is 0 Å². The molecular formula is C57H82N12O17. The molecule has 0 N–H and O–H groups in total. The zero-order valence-corrected chi connectivity index (χ0v) is 50.0. The summed E-state index contributed by atoms with van der Waals surface area (Å²) in [7, 11) is 1.34. The van der Waals surface area contributed by atoms with E-state index in [1.54, 1.807) is 64.1 Å². The van der Waals surface area contributed by atoms with Gasteiger partial charge in [0.15, 0.2) is 37.4 Å². The van der Waals surface area contributed by atoms with E-state index in [1.165, 1.54) is 31.4 Å². The summed E-state index contributed by atoms with van der Waals surface area (Å²) in [6.45, 7) is 13.2. The largest absolute Gasteiger partial charge is 0.469 e. The molecule has 0 aromatic heterocycles. The van der Waals surface area contributed by atoms with Crippen molar-refractivity contribution in [2.75, 3.05) is 33.5 Å². The van der Waals surface area contributed by atoms with E-state index in [9.17, 15) is 36.5 Å². The molecule has 8 unspecified atom stereocenters. The van der Waals surface area contributed by atoms with Gasteiger partial charge in [0, 0.05) is 52.5 Å². The van der Waals surface area contributed by atoms with E-state index in [1.807, 2.05) is 20.8 Å². The molecule has 472 valence electrons. The lowest BCUT2D eigenvalue weighted by Crippen LogP contribution is -2.67. The topological polar surface area (TPSA) is 375 Å². The summed E-state index contributed by atoms with van der Waals surface area (Å²) in [5, 5.41) is 16.4. The van der Waals surface area contributed by atoms with Crippen LogP contribution >= 0.6 is 0 Å². The minimum absolute atomic E-state index is 0.106. The Morgan fingerprint density at radius 3 is 1.23 bits per heavy atom. The van der Waals surface area contributed by atoms with Crippen LogP contribution in [0.4, 0.5) is 0 Å². The molecule has 4 heterocycles. The molecule has 0 bridgehead atoms. The lowest BCUT2D eigenvalue weighted by molar-refractivity contribution is -0.380. The molecule has 29 heteroatoms. The number of carbonyl (C=O) groups is 3. The number of rotatable bonds is 33. The van der Waals surface area contributed by atoms with Gasteiger partial charge in [-0.1, -0.05) is 103 Å². The van der Waals surface area contributed by atoms with Crippen molar-refractivity contribution in [1.82, 2.24) is 0 Å². The molecule has 0 amide bonds. The van der Waals surface area contributed by atoms with E-state index < -0.39 is 135 Å². The second-order valence-corrected chi connectivity index (χ2v) is 21.2. The maximum atomic E-state index is 14.2. The quantitative estimate of drug-likeness (QED) is 0.0160. The summed E-state index contributed by atoms with van der Waals surface area (Å²) in [6.07, 6.45) is -14.5. The highest BCUT2D eigenvalue weighted by atomic mass is 16.8. The van der Waals surface area contributed by atoms with Gasteiger partial charge in [0.1, 0.15) is 30.5 Å². The van der Waals surface area contributed by atoms with Crippen molar-refractivity contribution >= 4 is 17.9 Å². The number of hydrogen-bond donors (Lipinski definition) is 0. The van der Waals surface area contributed by atoms with Crippen LogP contribution in [0, 0.1) is 0 Å². The van der Waals surface area contributed by atoms with Gasteiger partial charge in [-0.3, -0.25) is 4.79 Å². The van der Waals surface area contributed by atoms with Gasteiger partial charge >= 0.3 is 17.9 Å². The van der Waals surface area contributed by atoms with Crippen LogP contribution in [-0.4, -0.2) is 174 Å². The number of benzene rings is 2. The van der Waals surface area contributed by atoms with Crippen LogP contribution < -0.4 is 0 Å². The summed E-state index contributed by atoms with van der Waals surface area (Å²) < 4.78 is 91.1. The average Bonchev–Trinajstić information content (AvgIpc) is 2.37. The van der Waals surface area contributed by atoms with E-state index in [0.717, 1.165) is 6.42 Å². The van der Waals surface area contributed by atoms with Gasteiger partial charge in [0.05, 0.1) is 73.0 Å². The van der Waals surface area contributed by atoms with Gasteiger partial charge in [0.2, 0.25) is 0 Å². The number of methoxy groups -OCH3 is 1. The van der Waals surface area contributed by atoms with Gasteiger partial charge < -0.3 is 66.3 Å². The molecule has 0 aliphatic carbocycles. The highest BCUT2D eigenvalue weighted by Gasteiger charge is 2.57. The fourth-order valence-corrected chi connectivity index (χ4v) is 10.5. The molecule has 4 saturated heterocycles. The second-order valence-electron chi connectivity index (χ2n) is 21.2. The van der Waals surface area contributed by atoms with Crippen molar-refractivity contribution in [2.24, 2.45) is 20.5 Å². The van der Waals surface area contributed by atoms with Crippen LogP contribution in [0.3, 0.4) is 0 Å². The molecule has 0 spiro atoms. The maximum absolute atomic E-state index is 14.2. The first-order valence-corrected chi connectivity index (χ1v) is 29.6. The summed E-state index contributed by atoms with van der Waals surface area (Å²) in [5.74, 6) is -2.06. The monoisotopic (exact) mass is 1210 g/mol.